The van der Waals surface area contributed by atoms with Crippen molar-refractivity contribution in [2.75, 3.05) is 0 Å². The van der Waals surface area contributed by atoms with Crippen molar-refractivity contribution in [2.24, 2.45) is 5.73 Å². The number of aliphatic carboxylic acids is 1. The van der Waals surface area contributed by atoms with Gasteiger partial charge in [0.25, 0.3) is 5.56 Å². The van der Waals surface area contributed by atoms with E-state index in [1.807, 2.05) is 0 Å². The minimum atomic E-state index is -5.02. The summed E-state index contributed by atoms with van der Waals surface area (Å²) in [6.45, 7) is -0.977. The van der Waals surface area contributed by atoms with E-state index in [1.165, 1.54) is 0 Å². The Hall–Kier alpha value is -3.48. The zero-order valence-corrected chi connectivity index (χ0v) is 17.6. The topological polar surface area (TPSA) is 145 Å². The predicted octanol–water partition coefficient (Wildman–Crippen LogP) is 2.02. The first kappa shape index (κ1) is 25.1. The lowest BCUT2D eigenvalue weighted by atomic mass is 9.95. The number of carboxylic acid groups (broad SMARTS) is 1. The van der Waals surface area contributed by atoms with Crippen LogP contribution in [0.4, 0.5) is 17.6 Å². The first-order chi connectivity index (χ1) is 15.8. The fraction of sp³-hybridized carbons (Fsp3) is 0.429. The second-order valence-corrected chi connectivity index (χ2v) is 8.01. The van der Waals surface area contributed by atoms with Gasteiger partial charge in [-0.15, -0.1) is 0 Å². The van der Waals surface area contributed by atoms with Crippen LogP contribution in [0.1, 0.15) is 59.6 Å². The lowest BCUT2D eigenvalue weighted by molar-refractivity contribution is -0.139. The highest BCUT2D eigenvalue weighted by atomic mass is 19.4. The summed E-state index contributed by atoms with van der Waals surface area (Å²) in [6.07, 6.45) is -2.24. The minimum Gasteiger partial charge on any atom is -0.494 e. The molecule has 4 N–H and O–H groups in total. The molecule has 1 aromatic carbocycles. The van der Waals surface area contributed by atoms with Gasteiger partial charge in [-0.2, -0.15) is 13.2 Å². The van der Waals surface area contributed by atoms with Gasteiger partial charge in [0, 0.05) is 6.04 Å². The highest BCUT2D eigenvalue weighted by Gasteiger charge is 2.36. The van der Waals surface area contributed by atoms with E-state index in [1.54, 1.807) is 0 Å². The van der Waals surface area contributed by atoms with E-state index in [0.29, 0.717) is 34.8 Å². The third kappa shape index (κ3) is 4.74. The molecule has 0 saturated heterocycles. The Bertz CT molecular complexity index is 1240. The molecule has 0 radical (unpaired) electrons. The van der Waals surface area contributed by atoms with Crippen molar-refractivity contribution < 1.29 is 37.4 Å². The van der Waals surface area contributed by atoms with Crippen molar-refractivity contribution >= 4 is 11.8 Å². The molecular weight excluding hydrogens is 466 g/mol. The number of carbonyl (C=O) groups excluding carboxylic acids is 1. The number of nitrogens with zero attached hydrogens (tertiary/aromatic N) is 2. The molecule has 184 valence electrons. The summed E-state index contributed by atoms with van der Waals surface area (Å²) in [7, 11) is 0. The Labute approximate surface area is 189 Å². The molecule has 3 rings (SSSR count). The summed E-state index contributed by atoms with van der Waals surface area (Å²) in [6, 6.07) is -1.30. The lowest BCUT2D eigenvalue weighted by Gasteiger charge is -2.25. The van der Waals surface area contributed by atoms with Crippen LogP contribution in [0.15, 0.2) is 27.8 Å². The molecule has 1 saturated carbocycles. The van der Waals surface area contributed by atoms with Crippen molar-refractivity contribution in [1.82, 2.24) is 9.13 Å². The molecule has 1 atom stereocenters. The molecule has 1 unspecified atom stereocenters. The molecule has 1 aromatic heterocycles. The van der Waals surface area contributed by atoms with E-state index >= 15 is 0 Å². The number of carbonyl (C=O) groups is 2. The van der Waals surface area contributed by atoms with Crippen LogP contribution in [0, 0.1) is 5.82 Å². The molecular formula is C21H21F4N3O6. The minimum absolute atomic E-state index is 0.209. The summed E-state index contributed by atoms with van der Waals surface area (Å²) >= 11 is 0. The van der Waals surface area contributed by atoms with Crippen molar-refractivity contribution in [3.8, 4) is 5.88 Å². The van der Waals surface area contributed by atoms with E-state index in [0.717, 1.165) is 18.6 Å². The molecule has 0 aliphatic heterocycles. The summed E-state index contributed by atoms with van der Waals surface area (Å²) < 4.78 is 54.9. The summed E-state index contributed by atoms with van der Waals surface area (Å²) in [4.78, 5) is 50.0. The Morgan fingerprint density at radius 1 is 1.15 bits per heavy atom. The number of alkyl halides is 3. The van der Waals surface area contributed by atoms with E-state index in [4.69, 9.17) is 10.8 Å². The molecule has 0 amide bonds. The number of halogens is 4. The van der Waals surface area contributed by atoms with Gasteiger partial charge in [0.2, 0.25) is 11.7 Å². The average Bonchev–Trinajstić information content (AvgIpc) is 2.76. The van der Waals surface area contributed by atoms with Crippen molar-refractivity contribution in [3.63, 3.8) is 0 Å². The average molecular weight is 487 g/mol. The molecule has 9 nitrogen and oxygen atoms in total. The number of carboxylic acids is 1. The van der Waals surface area contributed by atoms with Gasteiger partial charge < -0.3 is 15.9 Å². The van der Waals surface area contributed by atoms with Crippen LogP contribution in [-0.4, -0.2) is 37.1 Å². The van der Waals surface area contributed by atoms with Gasteiger partial charge in [-0.3, -0.25) is 23.5 Å². The van der Waals surface area contributed by atoms with Gasteiger partial charge in [-0.25, -0.2) is 9.18 Å². The molecule has 0 bridgehead atoms. The fourth-order valence-electron chi connectivity index (χ4n) is 4.07. The van der Waals surface area contributed by atoms with Gasteiger partial charge in [0.1, 0.15) is 11.4 Å². The zero-order chi connectivity index (χ0) is 25.4. The standard InChI is InChI=1S/C21H21F4N3O6/c22-11-7-6-10(13(8-11)21(23,24)25)9-27-17(30)14(16(29)15(26)19(32)33)18(31)28(20(27)34)12-4-2-1-3-5-12/h6-8,12,15,30H,1-5,9,26H2,(H,32,33). The van der Waals surface area contributed by atoms with Crippen LogP contribution in [0.5, 0.6) is 5.88 Å². The summed E-state index contributed by atoms with van der Waals surface area (Å²) in [5, 5.41) is 19.7. The third-order valence-electron chi connectivity index (χ3n) is 5.79. The molecule has 1 fully saturated rings. The largest absolute Gasteiger partial charge is 0.494 e. The first-order valence-electron chi connectivity index (χ1n) is 10.3. The van der Waals surface area contributed by atoms with Crippen molar-refractivity contribution in [2.45, 2.75) is 56.9 Å². The Kier molecular flexibility index (Phi) is 6.96. The number of hydrogen-bond acceptors (Lipinski definition) is 6. The normalized spacial score (nSPS) is 15.8. The lowest BCUT2D eigenvalue weighted by Crippen LogP contribution is -2.48. The molecule has 34 heavy (non-hydrogen) atoms. The highest BCUT2D eigenvalue weighted by Crippen LogP contribution is 2.33. The number of ketones is 1. The van der Waals surface area contributed by atoms with Crippen LogP contribution in [-0.2, 0) is 17.5 Å². The number of nitrogens with two attached hydrogens (primary N) is 1. The van der Waals surface area contributed by atoms with Crippen LogP contribution in [0.2, 0.25) is 0 Å². The molecule has 1 aliphatic rings. The maximum absolute atomic E-state index is 13.5. The Morgan fingerprint density at radius 3 is 2.32 bits per heavy atom. The summed E-state index contributed by atoms with van der Waals surface area (Å²) in [5.74, 6) is -5.84. The Balaban J connectivity index is 2.28. The smallest absolute Gasteiger partial charge is 0.416 e. The van der Waals surface area contributed by atoms with E-state index in [9.17, 15) is 41.8 Å². The Morgan fingerprint density at radius 2 is 1.76 bits per heavy atom. The van der Waals surface area contributed by atoms with E-state index < -0.39 is 76.2 Å². The SMILES string of the molecule is NC(C(=O)O)C(=O)c1c(O)n(Cc2ccc(F)cc2C(F)(F)F)c(=O)n(C2CCCCC2)c1=O. The van der Waals surface area contributed by atoms with Crippen LogP contribution in [0.25, 0.3) is 0 Å². The van der Waals surface area contributed by atoms with Gasteiger partial charge in [0.05, 0.1) is 12.1 Å². The second-order valence-electron chi connectivity index (χ2n) is 8.01. The maximum Gasteiger partial charge on any atom is 0.416 e. The van der Waals surface area contributed by atoms with E-state index in [-0.39, 0.29) is 6.07 Å². The van der Waals surface area contributed by atoms with E-state index in [2.05, 4.69) is 0 Å². The molecule has 0 spiro atoms. The summed E-state index contributed by atoms with van der Waals surface area (Å²) in [5.41, 5.74) is -0.318. The monoisotopic (exact) mass is 487 g/mol. The molecule has 1 aliphatic carbocycles. The number of benzene rings is 1. The van der Waals surface area contributed by atoms with Gasteiger partial charge in [-0.05, 0) is 30.5 Å². The maximum atomic E-state index is 13.5. The van der Waals surface area contributed by atoms with Crippen LogP contribution < -0.4 is 17.0 Å². The van der Waals surface area contributed by atoms with Gasteiger partial charge in [-0.1, -0.05) is 25.3 Å². The highest BCUT2D eigenvalue weighted by molar-refractivity contribution is 6.12. The predicted molar refractivity (Wildman–Crippen MR) is 109 cm³/mol. The van der Waals surface area contributed by atoms with Crippen LogP contribution >= 0.6 is 0 Å². The van der Waals surface area contributed by atoms with Crippen LogP contribution in [0.3, 0.4) is 0 Å². The first-order valence-corrected chi connectivity index (χ1v) is 10.3. The van der Waals surface area contributed by atoms with Gasteiger partial charge >= 0.3 is 17.8 Å². The quantitative estimate of drug-likeness (QED) is 0.321. The number of hydrogen-bond donors (Lipinski definition) is 3. The van der Waals surface area contributed by atoms with Gasteiger partial charge in [0.15, 0.2) is 6.04 Å². The van der Waals surface area contributed by atoms with Crippen molar-refractivity contribution in [3.05, 3.63) is 61.5 Å². The number of aromatic nitrogens is 2. The fourth-order valence-corrected chi connectivity index (χ4v) is 4.07. The zero-order valence-electron chi connectivity index (χ0n) is 17.6. The second kappa shape index (κ2) is 9.41. The molecule has 1 heterocycles. The third-order valence-corrected chi connectivity index (χ3v) is 5.79. The molecule has 2 aromatic rings. The number of aromatic hydroxyl groups is 1. The number of Topliss-reactive ketones (excluding diaryl/α,β-unsaturated/α-hetero) is 1. The number of rotatable bonds is 6. The van der Waals surface area contributed by atoms with Crippen molar-refractivity contribution in [1.29, 1.82) is 0 Å². The molecule has 13 heteroatoms.